The van der Waals surface area contributed by atoms with Crippen molar-refractivity contribution in [1.82, 2.24) is 4.90 Å². The highest BCUT2D eigenvalue weighted by Crippen LogP contribution is 2.40. The lowest BCUT2D eigenvalue weighted by atomic mass is 9.94. The van der Waals surface area contributed by atoms with Gasteiger partial charge < -0.3 is 9.84 Å². The number of aromatic hydroxyl groups is 1. The second kappa shape index (κ2) is 8.10. The zero-order valence-electron chi connectivity index (χ0n) is 14.0. The molecule has 1 amide bonds. The topological polar surface area (TPSA) is 49.8 Å². The smallest absolute Gasteiger partial charge is 0.266 e. The molecule has 1 saturated heterocycles. The Kier molecular flexibility index (Phi) is 6.07. The van der Waals surface area contributed by atoms with Gasteiger partial charge in [0.2, 0.25) is 0 Å². The van der Waals surface area contributed by atoms with Crippen LogP contribution in [0.3, 0.4) is 0 Å². The Morgan fingerprint density at radius 1 is 1.40 bits per heavy atom. The molecule has 1 heterocycles. The summed E-state index contributed by atoms with van der Waals surface area (Å²) >= 11 is 10.1. The third-order valence-corrected chi connectivity index (χ3v) is 6.35. The molecule has 3 rings (SSSR count). The Morgan fingerprint density at radius 2 is 2.12 bits per heavy atom. The van der Waals surface area contributed by atoms with E-state index in [1.165, 1.54) is 18.2 Å². The zero-order valence-corrected chi connectivity index (χ0v) is 17.2. The molecule has 1 N–H and O–H groups in total. The van der Waals surface area contributed by atoms with E-state index in [1.807, 2.05) is 13.0 Å². The second-order valence-electron chi connectivity index (χ2n) is 6.13. The lowest BCUT2D eigenvalue weighted by Gasteiger charge is -2.29. The fourth-order valence-corrected chi connectivity index (χ4v) is 5.09. The summed E-state index contributed by atoms with van der Waals surface area (Å²) in [5, 5.41) is 10.0. The van der Waals surface area contributed by atoms with Gasteiger partial charge in [0.1, 0.15) is 4.32 Å². The van der Waals surface area contributed by atoms with Gasteiger partial charge in [0.25, 0.3) is 5.91 Å². The predicted molar refractivity (Wildman–Crippen MR) is 109 cm³/mol. The molecule has 7 heteroatoms. The highest BCUT2D eigenvalue weighted by molar-refractivity contribution is 9.10. The van der Waals surface area contributed by atoms with Gasteiger partial charge in [0.05, 0.1) is 16.0 Å². The largest absolute Gasteiger partial charge is 0.503 e. The molecule has 25 heavy (non-hydrogen) atoms. The third kappa shape index (κ3) is 4.04. The van der Waals surface area contributed by atoms with Gasteiger partial charge in [-0.25, -0.2) is 0 Å². The van der Waals surface area contributed by atoms with Gasteiger partial charge in [-0.2, -0.15) is 0 Å². The maximum absolute atomic E-state index is 12.8. The minimum absolute atomic E-state index is 0.0101. The molecular weight excluding hydrogens is 422 g/mol. The van der Waals surface area contributed by atoms with Gasteiger partial charge in [0.15, 0.2) is 11.5 Å². The number of carbonyl (C=O) groups excluding carboxylic acids is 1. The maximum Gasteiger partial charge on any atom is 0.266 e. The van der Waals surface area contributed by atoms with Crippen molar-refractivity contribution >= 4 is 56.2 Å². The zero-order chi connectivity index (χ0) is 18.0. The van der Waals surface area contributed by atoms with E-state index < -0.39 is 0 Å². The molecule has 1 aliphatic heterocycles. The van der Waals surface area contributed by atoms with Crippen molar-refractivity contribution in [2.45, 2.75) is 45.1 Å². The minimum Gasteiger partial charge on any atom is -0.503 e. The summed E-state index contributed by atoms with van der Waals surface area (Å²) in [6.45, 7) is 2.31. The van der Waals surface area contributed by atoms with Crippen molar-refractivity contribution in [3.8, 4) is 11.5 Å². The molecule has 0 bridgehead atoms. The fourth-order valence-electron chi connectivity index (χ4n) is 3.23. The summed E-state index contributed by atoms with van der Waals surface area (Å²) in [6, 6.07) is 3.74. The molecule has 0 atom stereocenters. The van der Waals surface area contributed by atoms with E-state index in [4.69, 9.17) is 17.0 Å². The Labute approximate surface area is 165 Å². The molecule has 134 valence electrons. The summed E-state index contributed by atoms with van der Waals surface area (Å²) in [5.41, 5.74) is 0.789. The molecule has 1 aromatic carbocycles. The SMILES string of the molecule is CCOc1cc(/C=C2/SC(=S)N(C3CCCCC3)C2=O)cc(Br)c1O. The number of rotatable bonds is 4. The average molecular weight is 442 g/mol. The van der Waals surface area contributed by atoms with Crippen LogP contribution in [0.25, 0.3) is 6.08 Å². The first-order valence-corrected chi connectivity index (χ1v) is 10.5. The number of thioether (sulfide) groups is 1. The Morgan fingerprint density at radius 3 is 2.80 bits per heavy atom. The van der Waals surface area contributed by atoms with Crippen molar-refractivity contribution in [3.05, 3.63) is 27.1 Å². The van der Waals surface area contributed by atoms with Crippen LogP contribution in [-0.2, 0) is 4.79 Å². The van der Waals surface area contributed by atoms with Gasteiger partial charge in [-0.05, 0) is 59.5 Å². The summed E-state index contributed by atoms with van der Waals surface area (Å²) in [7, 11) is 0. The quantitative estimate of drug-likeness (QED) is 0.520. The lowest BCUT2D eigenvalue weighted by Crippen LogP contribution is -2.39. The van der Waals surface area contributed by atoms with E-state index in [2.05, 4.69) is 15.9 Å². The number of amides is 1. The van der Waals surface area contributed by atoms with E-state index in [-0.39, 0.29) is 17.7 Å². The Bertz CT molecular complexity index is 729. The van der Waals surface area contributed by atoms with Gasteiger partial charge in [-0.3, -0.25) is 9.69 Å². The van der Waals surface area contributed by atoms with Crippen molar-refractivity contribution < 1.29 is 14.6 Å². The summed E-state index contributed by atoms with van der Waals surface area (Å²) in [5.74, 6) is 0.448. The molecule has 2 fully saturated rings. The standard InChI is InChI=1S/C18H20BrNO3S2/c1-2-23-14-9-11(8-13(19)16(14)21)10-15-17(22)20(18(24)25-15)12-6-4-3-5-7-12/h8-10,12,21H,2-7H2,1H3/b15-10+. The van der Waals surface area contributed by atoms with Gasteiger partial charge in [-0.1, -0.05) is 43.2 Å². The minimum atomic E-state index is -0.0101. The van der Waals surface area contributed by atoms with Crippen molar-refractivity contribution in [3.63, 3.8) is 0 Å². The van der Waals surface area contributed by atoms with Crippen LogP contribution in [0.5, 0.6) is 11.5 Å². The van der Waals surface area contributed by atoms with E-state index in [1.54, 1.807) is 17.0 Å². The van der Waals surface area contributed by atoms with Crippen LogP contribution in [0.2, 0.25) is 0 Å². The molecule has 1 aliphatic carbocycles. The van der Waals surface area contributed by atoms with Gasteiger partial charge >= 0.3 is 0 Å². The van der Waals surface area contributed by atoms with Crippen LogP contribution in [0.15, 0.2) is 21.5 Å². The average Bonchev–Trinajstić information content (AvgIpc) is 2.87. The molecule has 2 aliphatic rings. The normalized spacial score (nSPS) is 20.6. The van der Waals surface area contributed by atoms with Crippen LogP contribution < -0.4 is 4.74 Å². The van der Waals surface area contributed by atoms with E-state index in [9.17, 15) is 9.90 Å². The first kappa shape index (κ1) is 18.7. The number of phenols is 1. The number of phenolic OH excluding ortho intramolecular Hbond substituents is 1. The van der Waals surface area contributed by atoms with Crippen LogP contribution in [0, 0.1) is 0 Å². The van der Waals surface area contributed by atoms with Crippen molar-refractivity contribution in [1.29, 1.82) is 0 Å². The fraction of sp³-hybridized carbons (Fsp3) is 0.444. The van der Waals surface area contributed by atoms with Crippen molar-refractivity contribution in [2.75, 3.05) is 6.61 Å². The predicted octanol–water partition coefficient (Wildman–Crippen LogP) is 5.09. The second-order valence-corrected chi connectivity index (χ2v) is 8.66. The molecule has 1 saturated carbocycles. The number of carbonyl (C=O) groups is 1. The van der Waals surface area contributed by atoms with E-state index in [0.717, 1.165) is 31.2 Å². The number of ether oxygens (including phenoxy) is 1. The monoisotopic (exact) mass is 441 g/mol. The summed E-state index contributed by atoms with van der Waals surface area (Å²) in [4.78, 5) is 15.3. The first-order chi connectivity index (χ1) is 12.0. The number of hydrogen-bond acceptors (Lipinski definition) is 5. The molecule has 0 aromatic heterocycles. The third-order valence-electron chi connectivity index (χ3n) is 4.41. The maximum atomic E-state index is 12.8. The van der Waals surface area contributed by atoms with E-state index in [0.29, 0.717) is 26.1 Å². The number of benzene rings is 1. The molecule has 4 nitrogen and oxygen atoms in total. The van der Waals surface area contributed by atoms with E-state index >= 15 is 0 Å². The van der Waals surface area contributed by atoms with Gasteiger partial charge in [-0.15, -0.1) is 0 Å². The molecule has 0 spiro atoms. The van der Waals surface area contributed by atoms with Crippen molar-refractivity contribution in [2.24, 2.45) is 0 Å². The number of nitrogens with zero attached hydrogens (tertiary/aromatic N) is 1. The molecule has 1 aromatic rings. The van der Waals surface area contributed by atoms with Crippen LogP contribution in [-0.4, -0.2) is 32.9 Å². The summed E-state index contributed by atoms with van der Waals surface area (Å²) in [6.07, 6.45) is 7.42. The highest BCUT2D eigenvalue weighted by Gasteiger charge is 2.37. The Balaban J connectivity index is 1.86. The summed E-state index contributed by atoms with van der Waals surface area (Å²) < 4.78 is 6.63. The number of thiocarbonyl (C=S) groups is 1. The highest BCUT2D eigenvalue weighted by atomic mass is 79.9. The van der Waals surface area contributed by atoms with Crippen LogP contribution in [0.4, 0.5) is 0 Å². The number of halogens is 1. The van der Waals surface area contributed by atoms with Crippen LogP contribution in [0.1, 0.15) is 44.6 Å². The molecule has 0 radical (unpaired) electrons. The first-order valence-electron chi connectivity index (χ1n) is 8.43. The van der Waals surface area contributed by atoms with Crippen LogP contribution >= 0.6 is 39.9 Å². The number of hydrogen-bond donors (Lipinski definition) is 1. The lowest BCUT2D eigenvalue weighted by molar-refractivity contribution is -0.124. The Hall–Kier alpha value is -1.05. The molecule has 0 unspecified atom stereocenters. The molecular formula is C18H20BrNO3S2. The van der Waals surface area contributed by atoms with Gasteiger partial charge in [0, 0.05) is 6.04 Å².